The summed E-state index contributed by atoms with van der Waals surface area (Å²) in [5.74, 6) is -0.662. The minimum Gasteiger partial charge on any atom is -0.466 e. The lowest BCUT2D eigenvalue weighted by atomic mass is 10.3. The highest BCUT2D eigenvalue weighted by Gasteiger charge is 2.10. The molecule has 0 aliphatic carbocycles. The normalized spacial score (nSPS) is 11.9. The van der Waals surface area contributed by atoms with Crippen LogP contribution >= 0.6 is 0 Å². The van der Waals surface area contributed by atoms with Crippen LogP contribution in [0.15, 0.2) is 0 Å². The van der Waals surface area contributed by atoms with Gasteiger partial charge in [-0.1, -0.05) is 0 Å². The third-order valence-corrected chi connectivity index (χ3v) is 1.08. The lowest BCUT2D eigenvalue weighted by Gasteiger charge is -2.10. The molecule has 3 N–H and O–H groups in total. The largest absolute Gasteiger partial charge is 0.466 e. The molecule has 0 bridgehead atoms. The summed E-state index contributed by atoms with van der Waals surface area (Å²) in [6.07, 6.45) is -0.644. The van der Waals surface area contributed by atoms with Crippen molar-refractivity contribution in [3.05, 3.63) is 0 Å². The molecule has 0 aromatic carbocycles. The third-order valence-electron chi connectivity index (χ3n) is 1.08. The number of esters is 1. The van der Waals surface area contributed by atoms with Gasteiger partial charge in [-0.05, 0) is 6.92 Å². The van der Waals surface area contributed by atoms with Crippen molar-refractivity contribution in [2.24, 2.45) is 5.73 Å². The highest BCUT2D eigenvalue weighted by atomic mass is 16.5. The van der Waals surface area contributed by atoms with Crippen molar-refractivity contribution in [3.63, 3.8) is 0 Å². The van der Waals surface area contributed by atoms with Crippen LogP contribution in [0.2, 0.25) is 0 Å². The summed E-state index contributed by atoms with van der Waals surface area (Å²) in [4.78, 5) is 21.2. The van der Waals surface area contributed by atoms with Crippen molar-refractivity contribution in [2.75, 3.05) is 6.61 Å². The maximum absolute atomic E-state index is 10.8. The van der Waals surface area contributed by atoms with Gasteiger partial charge in [-0.15, -0.1) is 0 Å². The number of carbonyl (C=O) groups is 2. The Labute approximate surface area is 71.3 Å². The van der Waals surface area contributed by atoms with Crippen LogP contribution in [-0.4, -0.2) is 24.6 Å². The molecule has 1 atom stereocenters. The smallest absolute Gasteiger partial charge is 0.309 e. The van der Waals surface area contributed by atoms with E-state index in [1.807, 2.05) is 0 Å². The minimum absolute atomic E-state index is 0.00736. The summed E-state index contributed by atoms with van der Waals surface area (Å²) in [5.41, 5.74) is 5.37. The third kappa shape index (κ3) is 5.67. The number of hydrogen-bond acceptors (Lipinski definition) is 4. The van der Waals surface area contributed by atoms with Gasteiger partial charge in [-0.3, -0.25) is 9.59 Å². The van der Waals surface area contributed by atoms with Crippen molar-refractivity contribution in [1.82, 2.24) is 5.32 Å². The van der Waals surface area contributed by atoms with Crippen molar-refractivity contribution < 1.29 is 14.3 Å². The zero-order valence-corrected chi connectivity index (χ0v) is 7.29. The molecule has 0 rings (SSSR count). The minimum atomic E-state index is -0.651. The first-order valence-corrected chi connectivity index (χ1v) is 3.74. The zero-order valence-electron chi connectivity index (χ0n) is 7.29. The van der Waals surface area contributed by atoms with Crippen LogP contribution in [-0.2, 0) is 14.3 Å². The summed E-state index contributed by atoms with van der Waals surface area (Å²) < 4.78 is 4.62. The molecule has 1 amide bonds. The summed E-state index contributed by atoms with van der Waals surface area (Å²) in [6, 6.07) is 0. The number of ether oxygens (including phenoxy) is 1. The lowest BCUT2D eigenvalue weighted by Crippen LogP contribution is -2.42. The van der Waals surface area contributed by atoms with Crippen LogP contribution in [0.5, 0.6) is 0 Å². The second-order valence-corrected chi connectivity index (χ2v) is 2.32. The molecule has 70 valence electrons. The van der Waals surface area contributed by atoms with E-state index in [0.717, 1.165) is 0 Å². The Hall–Kier alpha value is -1.10. The molecule has 0 spiro atoms. The van der Waals surface area contributed by atoms with Crippen molar-refractivity contribution in [2.45, 2.75) is 26.4 Å². The van der Waals surface area contributed by atoms with E-state index < -0.39 is 12.1 Å². The van der Waals surface area contributed by atoms with Crippen molar-refractivity contribution in [3.8, 4) is 0 Å². The van der Waals surface area contributed by atoms with Gasteiger partial charge >= 0.3 is 5.97 Å². The van der Waals surface area contributed by atoms with E-state index >= 15 is 0 Å². The monoisotopic (exact) mass is 174 g/mol. The Morgan fingerprint density at radius 2 is 2.17 bits per heavy atom. The second kappa shape index (κ2) is 5.54. The van der Waals surface area contributed by atoms with Gasteiger partial charge in [0, 0.05) is 6.92 Å². The molecule has 5 heteroatoms. The van der Waals surface area contributed by atoms with Crippen molar-refractivity contribution in [1.29, 1.82) is 0 Å². The van der Waals surface area contributed by atoms with Crippen LogP contribution in [0.3, 0.4) is 0 Å². The fourth-order valence-corrected chi connectivity index (χ4v) is 0.712. The van der Waals surface area contributed by atoms with Crippen LogP contribution in [0, 0.1) is 0 Å². The van der Waals surface area contributed by atoms with E-state index in [1.54, 1.807) is 6.92 Å². The standard InChI is InChI=1S/C7H14N2O3/c1-3-12-7(11)4-6(8)9-5(2)10/h6H,3-4,8H2,1-2H3,(H,9,10)/t6-/m0/s1. The van der Waals surface area contributed by atoms with Gasteiger partial charge in [-0.2, -0.15) is 0 Å². The predicted molar refractivity (Wildman–Crippen MR) is 43.0 cm³/mol. The van der Waals surface area contributed by atoms with Crippen molar-refractivity contribution >= 4 is 11.9 Å². The highest BCUT2D eigenvalue weighted by molar-refractivity contribution is 5.75. The maximum atomic E-state index is 10.8. The molecule has 0 aromatic rings. The fraction of sp³-hybridized carbons (Fsp3) is 0.714. The second-order valence-electron chi connectivity index (χ2n) is 2.32. The molecule has 5 nitrogen and oxygen atoms in total. The average Bonchev–Trinajstić information content (AvgIpc) is 1.84. The Morgan fingerprint density at radius 1 is 1.58 bits per heavy atom. The van der Waals surface area contributed by atoms with Gasteiger partial charge in [0.1, 0.15) is 0 Å². The Bertz CT molecular complexity index is 170. The molecule has 0 aromatic heterocycles. The molecule has 0 unspecified atom stereocenters. The predicted octanol–water partition coefficient (Wildman–Crippen LogP) is -0.639. The van der Waals surface area contributed by atoms with Crippen LogP contribution in [0.1, 0.15) is 20.3 Å². The van der Waals surface area contributed by atoms with Crippen LogP contribution in [0.4, 0.5) is 0 Å². The summed E-state index contributed by atoms with van der Waals surface area (Å²) in [6.45, 7) is 3.37. The quantitative estimate of drug-likeness (QED) is 0.439. The zero-order chi connectivity index (χ0) is 9.56. The number of rotatable bonds is 4. The molecule has 0 aliphatic rings. The molecule has 0 heterocycles. The molecular weight excluding hydrogens is 160 g/mol. The first-order chi connectivity index (χ1) is 5.56. The maximum Gasteiger partial charge on any atom is 0.309 e. The first kappa shape index (κ1) is 10.9. The molecule has 0 aliphatic heterocycles. The fourth-order valence-electron chi connectivity index (χ4n) is 0.712. The summed E-state index contributed by atoms with van der Waals surface area (Å²) in [7, 11) is 0. The van der Waals surface area contributed by atoms with E-state index in [0.29, 0.717) is 6.61 Å². The van der Waals surface area contributed by atoms with Gasteiger partial charge in [0.05, 0.1) is 19.2 Å². The lowest BCUT2D eigenvalue weighted by molar-refractivity contribution is -0.143. The topological polar surface area (TPSA) is 81.4 Å². The first-order valence-electron chi connectivity index (χ1n) is 3.74. The van der Waals surface area contributed by atoms with Gasteiger partial charge in [-0.25, -0.2) is 0 Å². The van der Waals surface area contributed by atoms with Gasteiger partial charge < -0.3 is 15.8 Å². The summed E-state index contributed by atoms with van der Waals surface area (Å²) in [5, 5.41) is 2.37. The number of amides is 1. The van der Waals surface area contributed by atoms with Crippen LogP contribution in [0.25, 0.3) is 0 Å². The number of carbonyl (C=O) groups excluding carboxylic acids is 2. The van der Waals surface area contributed by atoms with E-state index in [4.69, 9.17) is 5.73 Å². The van der Waals surface area contributed by atoms with E-state index in [1.165, 1.54) is 6.92 Å². The molecule has 0 saturated heterocycles. The van der Waals surface area contributed by atoms with E-state index in [2.05, 4.69) is 10.1 Å². The molecule has 0 radical (unpaired) electrons. The molecule has 0 saturated carbocycles. The van der Waals surface area contributed by atoms with Gasteiger partial charge in [0.25, 0.3) is 0 Å². The van der Waals surface area contributed by atoms with E-state index in [9.17, 15) is 9.59 Å². The molecular formula is C7H14N2O3. The number of nitrogens with one attached hydrogen (secondary N) is 1. The van der Waals surface area contributed by atoms with Gasteiger partial charge in [0.2, 0.25) is 5.91 Å². The highest BCUT2D eigenvalue weighted by Crippen LogP contribution is 1.88. The Kier molecular flexibility index (Phi) is 5.03. The van der Waals surface area contributed by atoms with Gasteiger partial charge in [0.15, 0.2) is 0 Å². The number of hydrogen-bond donors (Lipinski definition) is 2. The summed E-state index contributed by atoms with van der Waals surface area (Å²) >= 11 is 0. The Morgan fingerprint density at radius 3 is 2.58 bits per heavy atom. The SMILES string of the molecule is CCOC(=O)C[C@@H](N)NC(C)=O. The van der Waals surface area contributed by atoms with Crippen LogP contribution < -0.4 is 11.1 Å². The van der Waals surface area contributed by atoms with E-state index in [-0.39, 0.29) is 12.3 Å². The molecule has 12 heavy (non-hydrogen) atoms. The number of nitrogens with two attached hydrogens (primary N) is 1. The Balaban J connectivity index is 3.61. The molecule has 0 fully saturated rings. The average molecular weight is 174 g/mol.